The number of anilines is 1. The number of carbonyl (C=O) groups is 2. The van der Waals surface area contributed by atoms with Crippen molar-refractivity contribution in [3.05, 3.63) is 30.0 Å². The molecule has 0 radical (unpaired) electrons. The van der Waals surface area contributed by atoms with Crippen LogP contribution in [-0.2, 0) is 9.53 Å². The van der Waals surface area contributed by atoms with Gasteiger partial charge in [-0.3, -0.25) is 9.59 Å². The van der Waals surface area contributed by atoms with Crippen LogP contribution in [0.15, 0.2) is 24.4 Å². The number of hydrogen-bond donors (Lipinski definition) is 3. The lowest BCUT2D eigenvalue weighted by atomic mass is 9.93. The first-order valence-corrected chi connectivity index (χ1v) is 10.3. The normalized spacial score (nSPS) is 24.7. The fourth-order valence-electron chi connectivity index (χ4n) is 3.90. The number of para-hydroxylation sites is 1. The first-order valence-electron chi connectivity index (χ1n) is 10.3. The Hall–Kier alpha value is -2.78. The van der Waals surface area contributed by atoms with Gasteiger partial charge in [0, 0.05) is 37.8 Å². The molecule has 1 saturated carbocycles. The number of morpholine rings is 1. The van der Waals surface area contributed by atoms with E-state index >= 15 is 0 Å². The molecule has 9 heteroatoms. The van der Waals surface area contributed by atoms with E-state index in [1.54, 1.807) is 30.3 Å². The van der Waals surface area contributed by atoms with Gasteiger partial charge in [0.05, 0.1) is 23.3 Å². The van der Waals surface area contributed by atoms with Crippen molar-refractivity contribution < 1.29 is 19.4 Å². The van der Waals surface area contributed by atoms with Crippen LogP contribution < -0.4 is 10.6 Å². The summed E-state index contributed by atoms with van der Waals surface area (Å²) in [4.78, 5) is 34.9. The fraction of sp³-hybridized carbons (Fsp3) is 0.524. The van der Waals surface area contributed by atoms with Gasteiger partial charge in [-0.1, -0.05) is 12.1 Å². The van der Waals surface area contributed by atoms with Crippen LogP contribution in [-0.4, -0.2) is 76.8 Å². The molecule has 2 amide bonds. The third-order valence-corrected chi connectivity index (χ3v) is 5.72. The molecule has 1 aromatic heterocycles. The van der Waals surface area contributed by atoms with Crippen LogP contribution in [0.5, 0.6) is 0 Å². The van der Waals surface area contributed by atoms with Crippen LogP contribution in [0, 0.1) is 0 Å². The molecule has 1 aliphatic heterocycles. The van der Waals surface area contributed by atoms with Crippen LogP contribution in [0.1, 0.15) is 36.0 Å². The van der Waals surface area contributed by atoms with E-state index in [1.165, 1.54) is 0 Å². The number of benzene rings is 1. The molecule has 2 heterocycles. The highest BCUT2D eigenvalue weighted by molar-refractivity contribution is 6.05. The van der Waals surface area contributed by atoms with E-state index in [2.05, 4.69) is 20.6 Å². The molecule has 2 aliphatic rings. The number of nitrogens with zero attached hydrogens (tertiary/aromatic N) is 3. The number of hydrogen-bond acceptors (Lipinski definition) is 7. The SMILES string of the molecule is CN1CC(CNC(=O)c2cccc3cnc(NC4CCC(O)CC4)nc23)OCC1=O. The summed E-state index contributed by atoms with van der Waals surface area (Å²) in [6, 6.07) is 5.63. The standard InChI is InChI=1S/C21H27N5O4/c1-26-11-16(30-12-18(26)28)10-22-20(29)17-4-2-3-13-9-23-21(25-19(13)17)24-14-5-7-15(27)8-6-14/h2-4,9,14-16,27H,5-8,10-12H2,1H3,(H,22,29)(H,23,24,25). The molecule has 1 saturated heterocycles. The second-order valence-corrected chi connectivity index (χ2v) is 8.00. The number of rotatable bonds is 5. The van der Waals surface area contributed by atoms with Gasteiger partial charge in [-0.15, -0.1) is 0 Å². The van der Waals surface area contributed by atoms with Crippen LogP contribution in [0.2, 0.25) is 0 Å². The molecule has 1 aliphatic carbocycles. The topological polar surface area (TPSA) is 117 Å². The summed E-state index contributed by atoms with van der Waals surface area (Å²) >= 11 is 0. The fourth-order valence-corrected chi connectivity index (χ4v) is 3.90. The molecule has 2 fully saturated rings. The molecule has 0 spiro atoms. The third-order valence-electron chi connectivity index (χ3n) is 5.72. The molecule has 1 aromatic carbocycles. The highest BCUT2D eigenvalue weighted by Gasteiger charge is 2.24. The Labute approximate surface area is 174 Å². The summed E-state index contributed by atoms with van der Waals surface area (Å²) in [5.41, 5.74) is 1.05. The van der Waals surface area contributed by atoms with Gasteiger partial charge in [-0.05, 0) is 31.7 Å². The maximum atomic E-state index is 12.8. The number of ether oxygens (including phenoxy) is 1. The van der Waals surface area contributed by atoms with Gasteiger partial charge in [0.15, 0.2) is 0 Å². The van der Waals surface area contributed by atoms with E-state index in [-0.39, 0.29) is 36.7 Å². The minimum atomic E-state index is -0.241. The van der Waals surface area contributed by atoms with Crippen molar-refractivity contribution >= 4 is 28.7 Å². The summed E-state index contributed by atoms with van der Waals surface area (Å²) in [5, 5.41) is 16.7. The Morgan fingerprint density at radius 1 is 1.30 bits per heavy atom. The zero-order chi connectivity index (χ0) is 21.1. The van der Waals surface area contributed by atoms with E-state index < -0.39 is 0 Å². The van der Waals surface area contributed by atoms with Crippen molar-refractivity contribution in [3.63, 3.8) is 0 Å². The highest BCUT2D eigenvalue weighted by Crippen LogP contribution is 2.23. The number of fused-ring (bicyclic) bond motifs is 1. The number of aliphatic hydroxyl groups excluding tert-OH is 1. The lowest BCUT2D eigenvalue weighted by Gasteiger charge is -2.29. The average Bonchev–Trinajstić information content (AvgIpc) is 2.75. The van der Waals surface area contributed by atoms with E-state index in [4.69, 9.17) is 4.74 Å². The number of carbonyl (C=O) groups excluding carboxylic acids is 2. The Balaban J connectivity index is 1.45. The first kappa shape index (κ1) is 20.5. The Kier molecular flexibility index (Phi) is 6.10. The zero-order valence-electron chi connectivity index (χ0n) is 17.0. The highest BCUT2D eigenvalue weighted by atomic mass is 16.5. The molecule has 1 unspecified atom stereocenters. The van der Waals surface area contributed by atoms with Crippen molar-refractivity contribution in [2.75, 3.05) is 32.1 Å². The van der Waals surface area contributed by atoms with E-state index in [1.807, 2.05) is 6.07 Å². The Bertz CT molecular complexity index is 929. The lowest BCUT2D eigenvalue weighted by Crippen LogP contribution is -2.48. The predicted molar refractivity (Wildman–Crippen MR) is 111 cm³/mol. The van der Waals surface area contributed by atoms with Crippen molar-refractivity contribution in [2.45, 2.75) is 43.9 Å². The summed E-state index contributed by atoms with van der Waals surface area (Å²) in [7, 11) is 1.73. The van der Waals surface area contributed by atoms with Crippen molar-refractivity contribution in [1.29, 1.82) is 0 Å². The van der Waals surface area contributed by atoms with Crippen LogP contribution in [0.25, 0.3) is 10.9 Å². The maximum Gasteiger partial charge on any atom is 0.253 e. The monoisotopic (exact) mass is 413 g/mol. The molecule has 160 valence electrons. The lowest BCUT2D eigenvalue weighted by molar-refractivity contribution is -0.146. The van der Waals surface area contributed by atoms with Gasteiger partial charge < -0.3 is 25.4 Å². The van der Waals surface area contributed by atoms with Gasteiger partial charge in [-0.2, -0.15) is 0 Å². The predicted octanol–water partition coefficient (Wildman–Crippen LogP) is 0.932. The number of aromatic nitrogens is 2. The van der Waals surface area contributed by atoms with Gasteiger partial charge in [0.25, 0.3) is 5.91 Å². The molecule has 3 N–H and O–H groups in total. The van der Waals surface area contributed by atoms with Gasteiger partial charge in [0.2, 0.25) is 11.9 Å². The zero-order valence-corrected chi connectivity index (χ0v) is 17.0. The minimum absolute atomic E-state index is 0.0335. The Morgan fingerprint density at radius 2 is 2.10 bits per heavy atom. The van der Waals surface area contributed by atoms with Gasteiger partial charge in [-0.25, -0.2) is 9.97 Å². The summed E-state index contributed by atoms with van der Waals surface area (Å²) in [5.74, 6) is 0.185. The second kappa shape index (κ2) is 8.93. The van der Waals surface area contributed by atoms with E-state index in [0.29, 0.717) is 30.1 Å². The average molecular weight is 413 g/mol. The summed E-state index contributed by atoms with van der Waals surface area (Å²) in [6.07, 6.45) is 4.52. The molecule has 9 nitrogen and oxygen atoms in total. The summed E-state index contributed by atoms with van der Waals surface area (Å²) < 4.78 is 5.49. The van der Waals surface area contributed by atoms with Crippen molar-refractivity contribution in [3.8, 4) is 0 Å². The number of likely N-dealkylation sites (N-methyl/N-ethyl adjacent to an activating group) is 1. The summed E-state index contributed by atoms with van der Waals surface area (Å²) in [6.45, 7) is 0.792. The molecular weight excluding hydrogens is 386 g/mol. The molecule has 30 heavy (non-hydrogen) atoms. The molecular formula is C21H27N5O4. The van der Waals surface area contributed by atoms with Crippen LogP contribution in [0.4, 0.5) is 5.95 Å². The Morgan fingerprint density at radius 3 is 2.87 bits per heavy atom. The second-order valence-electron chi connectivity index (χ2n) is 8.00. The van der Waals surface area contributed by atoms with Crippen LogP contribution in [0.3, 0.4) is 0 Å². The molecule has 4 rings (SSSR count). The third kappa shape index (κ3) is 4.68. The minimum Gasteiger partial charge on any atom is -0.393 e. The van der Waals surface area contributed by atoms with Crippen molar-refractivity contribution in [1.82, 2.24) is 20.2 Å². The largest absolute Gasteiger partial charge is 0.393 e. The molecule has 0 bridgehead atoms. The number of aliphatic hydroxyl groups is 1. The van der Waals surface area contributed by atoms with Gasteiger partial charge in [0.1, 0.15) is 6.61 Å². The molecule has 1 atom stereocenters. The van der Waals surface area contributed by atoms with Gasteiger partial charge >= 0.3 is 0 Å². The van der Waals surface area contributed by atoms with E-state index in [0.717, 1.165) is 31.1 Å². The first-order chi connectivity index (χ1) is 14.5. The maximum absolute atomic E-state index is 12.8. The number of nitrogens with one attached hydrogen (secondary N) is 2. The number of amides is 2. The molecule has 2 aromatic rings. The smallest absolute Gasteiger partial charge is 0.253 e. The quantitative estimate of drug-likeness (QED) is 0.668. The van der Waals surface area contributed by atoms with E-state index in [9.17, 15) is 14.7 Å². The van der Waals surface area contributed by atoms with Crippen molar-refractivity contribution in [2.24, 2.45) is 0 Å². The van der Waals surface area contributed by atoms with Crippen LogP contribution >= 0.6 is 0 Å².